The number of anilines is 1. The summed E-state index contributed by atoms with van der Waals surface area (Å²) in [5.74, 6) is -2.73. The highest BCUT2D eigenvalue weighted by atomic mass is 35.5. The number of nitriles is 1. The Morgan fingerprint density at radius 2 is 1.48 bits per heavy atom. The summed E-state index contributed by atoms with van der Waals surface area (Å²) in [6.07, 6.45) is 0.357. The van der Waals surface area contributed by atoms with Crippen molar-refractivity contribution in [2.24, 2.45) is 10.4 Å². The van der Waals surface area contributed by atoms with E-state index >= 15 is 8.78 Å². The van der Waals surface area contributed by atoms with Crippen molar-refractivity contribution < 1.29 is 46.8 Å². The van der Waals surface area contributed by atoms with Crippen LogP contribution in [0.5, 0.6) is 5.75 Å². The van der Waals surface area contributed by atoms with E-state index in [1.165, 1.54) is 55.6 Å². The number of ether oxygens (including phenoxy) is 5. The van der Waals surface area contributed by atoms with Crippen LogP contribution in [0, 0.1) is 49.2 Å². The number of hydrogen-bond acceptors (Lipinski definition) is 14. The van der Waals surface area contributed by atoms with Crippen molar-refractivity contribution in [1.82, 2.24) is 30.7 Å². The molecule has 0 unspecified atom stereocenters. The molecule has 6 aromatic rings. The van der Waals surface area contributed by atoms with Crippen molar-refractivity contribution in [1.29, 1.82) is 5.26 Å². The fourth-order valence-electron chi connectivity index (χ4n) is 10.4. The first-order valence-corrected chi connectivity index (χ1v) is 29.0. The van der Waals surface area contributed by atoms with E-state index in [-0.39, 0.29) is 76.7 Å². The number of benzene rings is 4. The zero-order valence-electron chi connectivity index (χ0n) is 47.1. The zero-order chi connectivity index (χ0) is 59.6. The van der Waals surface area contributed by atoms with Gasteiger partial charge in [-0.25, -0.2) is 8.78 Å². The Bertz CT molecular complexity index is 3390. The molecular formula is C60H66Cl3F2N9O8S. The lowest BCUT2D eigenvalue weighted by Gasteiger charge is -2.37. The van der Waals surface area contributed by atoms with Crippen LogP contribution in [-0.2, 0) is 34.0 Å². The van der Waals surface area contributed by atoms with Crippen LogP contribution in [0.3, 0.4) is 0 Å². The normalized spacial score (nSPS) is 18.4. The molecular weight excluding hydrogens is 1150 g/mol. The second-order valence-corrected chi connectivity index (χ2v) is 23.7. The van der Waals surface area contributed by atoms with Crippen molar-refractivity contribution in [3.05, 3.63) is 155 Å². The first-order chi connectivity index (χ1) is 39.8. The number of aryl methyl sites for hydroxylation is 2. The van der Waals surface area contributed by atoms with E-state index in [4.69, 9.17) is 63.5 Å². The SMILES string of the molecule is COc1cc(C(=O)NCCOCCOCCOCCOCCNC(=O)C[C@@H]2N=C(c3ccc(Cl)cc3)c3c(sc(C)c3C)-n3c(C)nnc32)ccc1NC(=O)[C@@H]1N[C@@H](CC(C)(C)C)[C@](C#N)(c2ccc(Cl)cc2F)[C@H]1c1cccc(Cl)c1F. The highest BCUT2D eigenvalue weighted by Gasteiger charge is 2.61. The van der Waals surface area contributed by atoms with E-state index in [0.717, 1.165) is 38.3 Å². The van der Waals surface area contributed by atoms with Gasteiger partial charge in [-0.3, -0.25) is 23.9 Å². The highest BCUT2D eigenvalue weighted by molar-refractivity contribution is 7.15. The first kappa shape index (κ1) is 62.7. The second kappa shape index (κ2) is 28.0. The number of nitrogens with zero attached hydrogens (tertiary/aromatic N) is 5. The number of amides is 3. The van der Waals surface area contributed by atoms with Crippen molar-refractivity contribution in [2.45, 2.75) is 83.8 Å². The molecule has 2 aliphatic heterocycles. The van der Waals surface area contributed by atoms with Gasteiger partial charge in [0, 0.05) is 62.2 Å². The van der Waals surface area contributed by atoms with E-state index in [1.807, 2.05) is 56.5 Å². The van der Waals surface area contributed by atoms with Gasteiger partial charge in [0.25, 0.3) is 5.91 Å². The number of carbonyl (C=O) groups is 3. The lowest BCUT2D eigenvalue weighted by Crippen LogP contribution is -2.45. The van der Waals surface area contributed by atoms with Crippen LogP contribution in [0.1, 0.15) is 100 Å². The molecule has 23 heteroatoms. The summed E-state index contributed by atoms with van der Waals surface area (Å²) in [5, 5.41) is 33.4. The lowest BCUT2D eigenvalue weighted by molar-refractivity contribution is -0.121. The molecule has 5 atom stereocenters. The first-order valence-electron chi connectivity index (χ1n) is 27.0. The molecule has 4 aromatic carbocycles. The van der Waals surface area contributed by atoms with E-state index in [9.17, 15) is 19.6 Å². The summed E-state index contributed by atoms with van der Waals surface area (Å²) in [6, 6.07) is 19.9. The molecule has 1 saturated heterocycles. The number of fused-ring (bicyclic) bond motifs is 3. The van der Waals surface area contributed by atoms with Gasteiger partial charge in [0.1, 0.15) is 39.7 Å². The van der Waals surface area contributed by atoms with E-state index in [2.05, 4.69) is 51.4 Å². The van der Waals surface area contributed by atoms with Crippen molar-refractivity contribution in [3.8, 4) is 16.8 Å². The van der Waals surface area contributed by atoms with Gasteiger partial charge >= 0.3 is 0 Å². The summed E-state index contributed by atoms with van der Waals surface area (Å²) < 4.78 is 62.4. The standard InChI is InChI=1S/C60H66Cl3F2N9O8S/c1-34-35(2)83-58-50(34)53(37-11-14-39(61)15-12-37)69-46(55-73-72-36(3)74(55)58)31-49(75)67-19-21-79-23-25-81-27-28-82-26-24-80-22-20-68-56(76)38-13-18-45(47(29-38)78-7)70-57(77)54-51(41-9-8-10-43(63)52(41)65)60(33-66,48(71-54)32-59(4,5)6)42-17-16-40(62)30-44(42)64/h8-18,29-30,46,48,51,54,71H,19-28,31-32H2,1-7H3,(H,67,75)(H,68,76)(H,70,77)/t46-,48-,51-,54+,60-/m0/s1. The third-order valence-corrected chi connectivity index (χ3v) is 16.4. The fraction of sp³-hybridized carbons (Fsp3) is 0.417. The molecule has 2 aliphatic rings. The topological polar surface area (TPSA) is 212 Å². The quantitative estimate of drug-likeness (QED) is 0.0394. The number of halogens is 5. The molecule has 2 aromatic heterocycles. The number of thiophene rings is 1. The Morgan fingerprint density at radius 3 is 2.12 bits per heavy atom. The second-order valence-electron chi connectivity index (χ2n) is 21.3. The molecule has 17 nitrogen and oxygen atoms in total. The molecule has 3 amide bonds. The van der Waals surface area contributed by atoms with Crippen LogP contribution >= 0.6 is 46.1 Å². The Labute approximate surface area is 500 Å². The lowest BCUT2D eigenvalue weighted by atomic mass is 9.62. The minimum Gasteiger partial charge on any atom is -0.495 e. The van der Waals surface area contributed by atoms with Gasteiger partial charge in [-0.15, -0.1) is 21.5 Å². The molecule has 0 spiro atoms. The zero-order valence-corrected chi connectivity index (χ0v) is 50.2. The third kappa shape index (κ3) is 14.6. The third-order valence-electron chi connectivity index (χ3n) is 14.4. The molecule has 1 fully saturated rings. The van der Waals surface area contributed by atoms with Crippen LogP contribution in [0.2, 0.25) is 15.1 Å². The maximum absolute atomic E-state index is 16.2. The Balaban J connectivity index is 0.733. The number of aliphatic imine (C=N–C) groups is 1. The van der Waals surface area contributed by atoms with E-state index < -0.39 is 58.3 Å². The molecule has 4 N–H and O–H groups in total. The van der Waals surface area contributed by atoms with Crippen LogP contribution in [0.25, 0.3) is 5.00 Å². The summed E-state index contributed by atoms with van der Waals surface area (Å²) in [5.41, 5.74) is 1.85. The summed E-state index contributed by atoms with van der Waals surface area (Å²) in [7, 11) is 1.38. The molecule has 440 valence electrons. The van der Waals surface area contributed by atoms with Gasteiger partial charge in [0.15, 0.2) is 5.82 Å². The molecule has 0 radical (unpaired) electrons. The number of aromatic nitrogens is 3. The minimum atomic E-state index is -1.82. The van der Waals surface area contributed by atoms with Crippen LogP contribution in [-0.4, -0.2) is 123 Å². The number of nitrogens with one attached hydrogen (secondary N) is 4. The number of carbonyl (C=O) groups excluding carboxylic acids is 3. The van der Waals surface area contributed by atoms with Gasteiger partial charge in [-0.2, -0.15) is 5.26 Å². The summed E-state index contributed by atoms with van der Waals surface area (Å²) in [4.78, 5) is 47.3. The van der Waals surface area contributed by atoms with Crippen molar-refractivity contribution in [3.63, 3.8) is 0 Å². The smallest absolute Gasteiger partial charge is 0.251 e. The largest absolute Gasteiger partial charge is 0.495 e. The average molecular weight is 1220 g/mol. The van der Waals surface area contributed by atoms with Crippen LogP contribution in [0.15, 0.2) is 83.9 Å². The predicted octanol–water partition coefficient (Wildman–Crippen LogP) is 10.4. The van der Waals surface area contributed by atoms with Crippen LogP contribution in [0.4, 0.5) is 14.5 Å². The predicted molar refractivity (Wildman–Crippen MR) is 316 cm³/mol. The van der Waals surface area contributed by atoms with Crippen LogP contribution < -0.4 is 26.0 Å². The summed E-state index contributed by atoms with van der Waals surface area (Å²) in [6.45, 7) is 14.8. The van der Waals surface area contributed by atoms with Gasteiger partial charge < -0.3 is 45.0 Å². The van der Waals surface area contributed by atoms with Crippen molar-refractivity contribution >= 4 is 75.3 Å². The molecule has 0 aliphatic carbocycles. The average Bonchev–Trinajstić information content (AvgIpc) is 3.08. The molecule has 83 heavy (non-hydrogen) atoms. The Morgan fingerprint density at radius 1 is 0.831 bits per heavy atom. The van der Waals surface area contributed by atoms with Gasteiger partial charge in [-0.05, 0) is 92.3 Å². The highest BCUT2D eigenvalue weighted by Crippen LogP contribution is 2.53. The number of methoxy groups -OCH3 is 1. The van der Waals surface area contributed by atoms with E-state index in [0.29, 0.717) is 62.9 Å². The molecule has 0 bridgehead atoms. The minimum absolute atomic E-state index is 0.0491. The molecule has 4 heterocycles. The molecule has 0 saturated carbocycles. The number of rotatable bonds is 25. The molecule has 8 rings (SSSR count). The van der Waals surface area contributed by atoms with E-state index in [1.54, 1.807) is 11.3 Å². The summed E-state index contributed by atoms with van der Waals surface area (Å²) >= 11 is 20.4. The maximum Gasteiger partial charge on any atom is 0.251 e. The van der Waals surface area contributed by atoms with Gasteiger partial charge in [0.2, 0.25) is 11.8 Å². The van der Waals surface area contributed by atoms with Crippen molar-refractivity contribution in [2.75, 3.05) is 78.4 Å². The number of hydrogen-bond donors (Lipinski definition) is 4. The fourth-order valence-corrected chi connectivity index (χ4v) is 12.1. The monoisotopic (exact) mass is 1220 g/mol. The van der Waals surface area contributed by atoms with Gasteiger partial charge in [-0.1, -0.05) is 85.9 Å². The Hall–Kier alpha value is -6.38. The van der Waals surface area contributed by atoms with Gasteiger partial charge in [0.05, 0.1) is 94.9 Å². The maximum atomic E-state index is 16.2. The Kier molecular flexibility index (Phi) is 21.1.